The van der Waals surface area contributed by atoms with E-state index < -0.39 is 0 Å². The van der Waals surface area contributed by atoms with E-state index in [1.165, 1.54) is 4.90 Å². The Morgan fingerprint density at radius 2 is 1.81 bits per heavy atom. The smallest absolute Gasteiger partial charge is 0.285 e. The molecule has 3 aromatic rings. The molecule has 0 aliphatic heterocycles. The maximum atomic E-state index is 12.6. The van der Waals surface area contributed by atoms with Crippen LogP contribution in [0.25, 0.3) is 0 Å². The van der Waals surface area contributed by atoms with E-state index in [4.69, 9.17) is 0 Å². The number of nitrogens with zero attached hydrogens (tertiary/aromatic N) is 3. The molecule has 0 spiro atoms. The van der Waals surface area contributed by atoms with Crippen LogP contribution < -0.4 is 10.6 Å². The van der Waals surface area contributed by atoms with Crippen LogP contribution in [0.15, 0.2) is 72.1 Å². The molecule has 0 bridgehead atoms. The molecule has 2 N–H and O–H groups in total. The summed E-state index contributed by atoms with van der Waals surface area (Å²) in [5, 5.41) is 5.56. The zero-order valence-electron chi connectivity index (χ0n) is 17.2. The highest BCUT2D eigenvalue weighted by molar-refractivity contribution is 8.13. The van der Waals surface area contributed by atoms with E-state index in [1.54, 1.807) is 81.3 Å². The zero-order valence-corrected chi connectivity index (χ0v) is 18.1. The molecule has 0 unspecified atom stereocenters. The van der Waals surface area contributed by atoms with Crippen molar-refractivity contribution < 1.29 is 14.4 Å². The number of carbonyl (C=O) groups excluding carboxylic acids is 3. The number of aryl methyl sites for hydroxylation is 1. The lowest BCUT2D eigenvalue weighted by atomic mass is 10.1. The van der Waals surface area contributed by atoms with Crippen LogP contribution in [-0.4, -0.2) is 45.6 Å². The first-order valence-corrected chi connectivity index (χ1v) is 10.4. The Kier molecular flexibility index (Phi) is 7.45. The summed E-state index contributed by atoms with van der Waals surface area (Å²) in [5.74, 6) is -0.439. The van der Waals surface area contributed by atoms with Gasteiger partial charge in [-0.25, -0.2) is 4.98 Å². The predicted molar refractivity (Wildman–Crippen MR) is 121 cm³/mol. The van der Waals surface area contributed by atoms with Crippen molar-refractivity contribution in [3.05, 3.63) is 72.8 Å². The van der Waals surface area contributed by atoms with Gasteiger partial charge in [0.1, 0.15) is 0 Å². The van der Waals surface area contributed by atoms with Gasteiger partial charge in [-0.15, -0.1) is 0 Å². The van der Waals surface area contributed by atoms with Crippen molar-refractivity contribution in [3.8, 4) is 0 Å². The first-order valence-electron chi connectivity index (χ1n) is 9.57. The van der Waals surface area contributed by atoms with Gasteiger partial charge in [-0.1, -0.05) is 6.07 Å². The maximum Gasteiger partial charge on any atom is 0.285 e. The normalized spacial score (nSPS) is 10.4. The number of thioether (sulfide) groups is 1. The van der Waals surface area contributed by atoms with E-state index in [0.717, 1.165) is 16.7 Å². The van der Waals surface area contributed by atoms with Crippen LogP contribution in [0, 0.1) is 0 Å². The van der Waals surface area contributed by atoms with Crippen LogP contribution in [0.1, 0.15) is 16.8 Å². The van der Waals surface area contributed by atoms with Crippen LogP contribution in [0.5, 0.6) is 0 Å². The van der Waals surface area contributed by atoms with Gasteiger partial charge in [0.15, 0.2) is 0 Å². The number of aromatic nitrogens is 2. The maximum absolute atomic E-state index is 12.6. The third-order valence-electron chi connectivity index (χ3n) is 4.25. The second-order valence-electron chi connectivity index (χ2n) is 6.92. The summed E-state index contributed by atoms with van der Waals surface area (Å²) in [5.41, 5.74) is 1.59. The van der Waals surface area contributed by atoms with Gasteiger partial charge < -0.3 is 20.1 Å². The number of amides is 3. The molecule has 0 atom stereocenters. The number of hydrogen-bond acceptors (Lipinski definition) is 5. The lowest BCUT2D eigenvalue weighted by Gasteiger charge is -2.10. The fourth-order valence-corrected chi connectivity index (χ4v) is 3.27. The van der Waals surface area contributed by atoms with E-state index >= 15 is 0 Å². The molecule has 0 saturated heterocycles. The van der Waals surface area contributed by atoms with Gasteiger partial charge in [-0.05, 0) is 54.2 Å². The van der Waals surface area contributed by atoms with Crippen molar-refractivity contribution in [3.63, 3.8) is 0 Å². The van der Waals surface area contributed by atoms with Gasteiger partial charge in [-0.3, -0.25) is 14.4 Å². The third-order valence-corrected chi connectivity index (χ3v) is 5.29. The predicted octanol–water partition coefficient (Wildman–Crippen LogP) is 3.94. The summed E-state index contributed by atoms with van der Waals surface area (Å²) in [6, 6.07) is 13.8. The summed E-state index contributed by atoms with van der Waals surface area (Å²) in [6.07, 6.45) is 5.41. The number of rotatable bonds is 7. The molecule has 0 aliphatic rings. The molecule has 1 aromatic heterocycles. The minimum Gasteiger partial charge on any atom is -0.339 e. The number of benzene rings is 2. The number of anilines is 2. The lowest BCUT2D eigenvalue weighted by Crippen LogP contribution is -2.16. The summed E-state index contributed by atoms with van der Waals surface area (Å²) >= 11 is 1.12. The standard InChI is InChI=1S/C22H23N5O3S/c1-26(2)22(30)31-19-8-6-17(7-9-19)25-21(29)16-4-3-5-18(14-16)24-20(28)10-12-27-13-11-23-15-27/h3-9,11,13-15H,10,12H2,1-2H3,(H,24,28)(H,25,29). The molecule has 0 radical (unpaired) electrons. The molecule has 9 heteroatoms. The van der Waals surface area contributed by atoms with E-state index in [9.17, 15) is 14.4 Å². The monoisotopic (exact) mass is 437 g/mol. The van der Waals surface area contributed by atoms with E-state index in [2.05, 4.69) is 15.6 Å². The molecule has 0 fully saturated rings. The van der Waals surface area contributed by atoms with Crippen LogP contribution in [0.4, 0.5) is 16.2 Å². The van der Waals surface area contributed by atoms with E-state index in [1.807, 2.05) is 4.57 Å². The molecule has 3 amide bonds. The molecule has 8 nitrogen and oxygen atoms in total. The average molecular weight is 438 g/mol. The van der Waals surface area contributed by atoms with Gasteiger partial charge in [0, 0.05) is 61.3 Å². The summed E-state index contributed by atoms with van der Waals surface area (Å²) < 4.78 is 1.82. The second kappa shape index (κ2) is 10.4. The summed E-state index contributed by atoms with van der Waals surface area (Å²) in [4.78, 5) is 42.7. The highest BCUT2D eigenvalue weighted by atomic mass is 32.2. The van der Waals surface area contributed by atoms with Gasteiger partial charge in [-0.2, -0.15) is 0 Å². The van der Waals surface area contributed by atoms with Crippen LogP contribution in [0.3, 0.4) is 0 Å². The Hall–Kier alpha value is -3.59. The molecule has 1 heterocycles. The SMILES string of the molecule is CN(C)C(=O)Sc1ccc(NC(=O)c2cccc(NC(=O)CCn3ccnc3)c2)cc1. The van der Waals surface area contributed by atoms with Gasteiger partial charge in [0.05, 0.1) is 6.33 Å². The lowest BCUT2D eigenvalue weighted by molar-refractivity contribution is -0.116. The average Bonchev–Trinajstić information content (AvgIpc) is 3.27. The Labute approximate surface area is 184 Å². The number of imidazole rings is 1. The van der Waals surface area contributed by atoms with Crippen molar-refractivity contribution in [2.45, 2.75) is 17.9 Å². The third kappa shape index (κ3) is 6.71. The van der Waals surface area contributed by atoms with Crippen LogP contribution in [-0.2, 0) is 11.3 Å². The van der Waals surface area contributed by atoms with Gasteiger partial charge in [0.25, 0.3) is 11.1 Å². The molecule has 0 aliphatic carbocycles. The minimum atomic E-state index is -0.292. The highest BCUT2D eigenvalue weighted by Gasteiger charge is 2.10. The highest BCUT2D eigenvalue weighted by Crippen LogP contribution is 2.23. The van der Waals surface area contributed by atoms with Crippen molar-refractivity contribution >= 4 is 40.2 Å². The molecular weight excluding hydrogens is 414 g/mol. The fraction of sp³-hybridized carbons (Fsp3) is 0.182. The summed E-state index contributed by atoms with van der Waals surface area (Å²) in [6.45, 7) is 0.528. The molecule has 0 saturated carbocycles. The molecule has 160 valence electrons. The van der Waals surface area contributed by atoms with Crippen molar-refractivity contribution in [1.29, 1.82) is 0 Å². The zero-order chi connectivity index (χ0) is 22.2. The van der Waals surface area contributed by atoms with Crippen LogP contribution in [0.2, 0.25) is 0 Å². The second-order valence-corrected chi connectivity index (χ2v) is 7.95. The Morgan fingerprint density at radius 3 is 2.48 bits per heavy atom. The first-order chi connectivity index (χ1) is 14.9. The quantitative estimate of drug-likeness (QED) is 0.546. The molecule has 31 heavy (non-hydrogen) atoms. The summed E-state index contributed by atoms with van der Waals surface area (Å²) in [7, 11) is 3.39. The van der Waals surface area contributed by atoms with Gasteiger partial charge in [0.2, 0.25) is 5.91 Å². The fourth-order valence-electron chi connectivity index (χ4n) is 2.61. The van der Waals surface area contributed by atoms with Crippen molar-refractivity contribution in [2.24, 2.45) is 0 Å². The number of hydrogen-bond donors (Lipinski definition) is 2. The van der Waals surface area contributed by atoms with Crippen LogP contribution >= 0.6 is 11.8 Å². The number of nitrogens with one attached hydrogen (secondary N) is 2. The first kappa shape index (κ1) is 22.1. The Morgan fingerprint density at radius 1 is 1.03 bits per heavy atom. The molecule has 3 rings (SSSR count). The molecular formula is C22H23N5O3S. The Bertz CT molecular complexity index is 1050. The van der Waals surface area contributed by atoms with E-state index in [-0.39, 0.29) is 17.1 Å². The van der Waals surface area contributed by atoms with Gasteiger partial charge >= 0.3 is 0 Å². The largest absolute Gasteiger partial charge is 0.339 e. The van der Waals surface area contributed by atoms with Crippen molar-refractivity contribution in [2.75, 3.05) is 24.7 Å². The van der Waals surface area contributed by atoms with E-state index in [0.29, 0.717) is 29.9 Å². The number of carbonyl (C=O) groups is 3. The Balaban J connectivity index is 1.55. The van der Waals surface area contributed by atoms with Crippen molar-refractivity contribution in [1.82, 2.24) is 14.5 Å². The molecule has 2 aromatic carbocycles. The minimum absolute atomic E-state index is 0.0688. The topological polar surface area (TPSA) is 96.3 Å².